The molecule has 39 heavy (non-hydrogen) atoms. The molecule has 0 aliphatic heterocycles. The number of nitrogens with one attached hydrogen (secondary N) is 1. The van der Waals surface area contributed by atoms with Crippen LogP contribution in [0.3, 0.4) is 0 Å². The number of phenolic OH excluding ortho intramolecular Hbond substituents is 2. The summed E-state index contributed by atoms with van der Waals surface area (Å²) < 4.78 is 17.1. The van der Waals surface area contributed by atoms with Gasteiger partial charge in [0.15, 0.2) is 11.5 Å². The molecule has 0 saturated heterocycles. The monoisotopic (exact) mass is 543 g/mol. The van der Waals surface area contributed by atoms with E-state index >= 15 is 0 Å². The van der Waals surface area contributed by atoms with Crippen LogP contribution in [0.4, 0.5) is 0 Å². The van der Waals surface area contributed by atoms with Crippen molar-refractivity contribution in [2.45, 2.75) is 79.6 Å². The van der Waals surface area contributed by atoms with Gasteiger partial charge in [-0.25, -0.2) is 0 Å². The fourth-order valence-electron chi connectivity index (χ4n) is 3.79. The SMILES string of the molecule is CCC(CC)OCC(C)(COC(=O)C(C)CC)C(=O)OCc1ccc(CNCCc2ccc(O)c(O)c2)cc1. The summed E-state index contributed by atoms with van der Waals surface area (Å²) in [4.78, 5) is 25.4. The van der Waals surface area contributed by atoms with E-state index in [0.717, 1.165) is 29.5 Å². The van der Waals surface area contributed by atoms with E-state index in [9.17, 15) is 19.8 Å². The summed E-state index contributed by atoms with van der Waals surface area (Å²) in [6.07, 6.45) is 3.07. The summed E-state index contributed by atoms with van der Waals surface area (Å²) in [6, 6.07) is 12.6. The largest absolute Gasteiger partial charge is 0.504 e. The number of phenols is 2. The third kappa shape index (κ3) is 10.5. The first-order valence-corrected chi connectivity index (χ1v) is 13.9. The van der Waals surface area contributed by atoms with Gasteiger partial charge in [-0.1, -0.05) is 58.0 Å². The van der Waals surface area contributed by atoms with Crippen molar-refractivity contribution < 1.29 is 34.0 Å². The molecule has 2 aromatic rings. The zero-order valence-electron chi connectivity index (χ0n) is 24.0. The van der Waals surface area contributed by atoms with Crippen LogP contribution in [0.15, 0.2) is 42.5 Å². The molecule has 0 aliphatic carbocycles. The first kappa shape index (κ1) is 32.1. The number of ether oxygens (including phenoxy) is 3. The van der Waals surface area contributed by atoms with Crippen molar-refractivity contribution in [3.05, 3.63) is 59.2 Å². The van der Waals surface area contributed by atoms with Crippen molar-refractivity contribution in [2.75, 3.05) is 19.8 Å². The molecular weight excluding hydrogens is 498 g/mol. The van der Waals surface area contributed by atoms with Gasteiger partial charge in [-0.15, -0.1) is 0 Å². The van der Waals surface area contributed by atoms with Crippen molar-refractivity contribution in [3.8, 4) is 11.5 Å². The zero-order chi connectivity index (χ0) is 28.8. The number of esters is 2. The molecule has 0 heterocycles. The molecule has 0 saturated carbocycles. The van der Waals surface area contributed by atoms with Crippen LogP contribution < -0.4 is 5.32 Å². The highest BCUT2D eigenvalue weighted by atomic mass is 16.6. The molecule has 0 aliphatic rings. The Hall–Kier alpha value is -3.10. The molecule has 0 radical (unpaired) electrons. The van der Waals surface area contributed by atoms with Crippen LogP contribution in [0, 0.1) is 11.3 Å². The summed E-state index contributed by atoms with van der Waals surface area (Å²) >= 11 is 0. The Morgan fingerprint density at radius 1 is 0.872 bits per heavy atom. The van der Waals surface area contributed by atoms with Gasteiger partial charge in [-0.05, 0) is 68.0 Å². The molecule has 2 atom stereocenters. The molecule has 0 fully saturated rings. The van der Waals surface area contributed by atoms with Gasteiger partial charge in [0.2, 0.25) is 0 Å². The molecule has 0 bridgehead atoms. The Balaban J connectivity index is 1.88. The van der Waals surface area contributed by atoms with Gasteiger partial charge in [0.05, 0.1) is 18.6 Å². The standard InChI is InChI=1S/C31H45NO7/c1-6-22(4)29(35)39-21-31(5,20-38-26(7-2)8-3)30(36)37-19-25-11-9-24(10-12-25)18-32-16-15-23-13-14-27(33)28(34)17-23/h9-14,17,22,26,32-34H,6-8,15-16,18-21H2,1-5H3. The van der Waals surface area contributed by atoms with Crippen LogP contribution >= 0.6 is 0 Å². The first-order chi connectivity index (χ1) is 18.6. The average Bonchev–Trinajstić information content (AvgIpc) is 2.95. The predicted molar refractivity (Wildman–Crippen MR) is 150 cm³/mol. The Morgan fingerprint density at radius 3 is 2.13 bits per heavy atom. The third-order valence-corrected chi connectivity index (χ3v) is 6.94. The second kappa shape index (κ2) is 16.1. The van der Waals surface area contributed by atoms with E-state index in [0.29, 0.717) is 25.9 Å². The smallest absolute Gasteiger partial charge is 0.317 e. The maximum Gasteiger partial charge on any atom is 0.317 e. The quantitative estimate of drug-likeness (QED) is 0.140. The number of carbonyl (C=O) groups is 2. The lowest BCUT2D eigenvalue weighted by molar-refractivity contribution is -0.171. The molecule has 0 spiro atoms. The normalized spacial score (nSPS) is 13.6. The molecule has 3 N–H and O–H groups in total. The van der Waals surface area contributed by atoms with Gasteiger partial charge >= 0.3 is 11.9 Å². The number of hydrogen-bond acceptors (Lipinski definition) is 8. The summed E-state index contributed by atoms with van der Waals surface area (Å²) in [5.74, 6) is -1.27. The Labute approximate surface area is 232 Å². The van der Waals surface area contributed by atoms with Gasteiger partial charge in [-0.2, -0.15) is 0 Å². The molecular formula is C31H45NO7. The van der Waals surface area contributed by atoms with Gasteiger partial charge in [0.1, 0.15) is 18.6 Å². The van der Waals surface area contributed by atoms with Crippen LogP contribution in [0.25, 0.3) is 0 Å². The van der Waals surface area contributed by atoms with E-state index in [4.69, 9.17) is 14.2 Å². The first-order valence-electron chi connectivity index (χ1n) is 13.9. The van der Waals surface area contributed by atoms with E-state index in [1.54, 1.807) is 26.0 Å². The lowest BCUT2D eigenvalue weighted by atomic mass is 9.92. The highest BCUT2D eigenvalue weighted by molar-refractivity contribution is 5.78. The topological polar surface area (TPSA) is 114 Å². The van der Waals surface area contributed by atoms with Crippen LogP contribution in [0.2, 0.25) is 0 Å². The predicted octanol–water partition coefficient (Wildman–Crippen LogP) is 5.27. The molecule has 0 amide bonds. The van der Waals surface area contributed by atoms with Crippen LogP contribution in [-0.4, -0.2) is 48.0 Å². The molecule has 216 valence electrons. The summed E-state index contributed by atoms with van der Waals surface area (Å²) in [6.45, 7) is 11.0. The minimum absolute atomic E-state index is 0.0248. The average molecular weight is 544 g/mol. The summed E-state index contributed by atoms with van der Waals surface area (Å²) in [7, 11) is 0. The fraction of sp³-hybridized carbons (Fsp3) is 0.548. The Kier molecular flexibility index (Phi) is 13.3. The van der Waals surface area contributed by atoms with Crippen molar-refractivity contribution in [1.29, 1.82) is 0 Å². The number of rotatable bonds is 17. The zero-order valence-corrected chi connectivity index (χ0v) is 24.0. The maximum atomic E-state index is 13.1. The third-order valence-electron chi connectivity index (χ3n) is 6.94. The van der Waals surface area contributed by atoms with Crippen LogP contribution in [-0.2, 0) is 43.4 Å². The van der Waals surface area contributed by atoms with Gasteiger partial charge in [0.25, 0.3) is 0 Å². The van der Waals surface area contributed by atoms with Crippen LogP contribution in [0.1, 0.15) is 70.6 Å². The fourth-order valence-corrected chi connectivity index (χ4v) is 3.79. The maximum absolute atomic E-state index is 13.1. The van der Waals surface area contributed by atoms with Crippen LogP contribution in [0.5, 0.6) is 11.5 Å². The second-order valence-corrected chi connectivity index (χ2v) is 10.4. The Bertz CT molecular complexity index is 1040. The van der Waals surface area contributed by atoms with Crippen molar-refractivity contribution in [3.63, 3.8) is 0 Å². The van der Waals surface area contributed by atoms with Crippen molar-refractivity contribution in [2.24, 2.45) is 11.3 Å². The summed E-state index contributed by atoms with van der Waals surface area (Å²) in [5, 5.41) is 22.4. The number of benzene rings is 2. The van der Waals surface area contributed by atoms with E-state index in [1.165, 1.54) is 6.07 Å². The molecule has 2 aromatic carbocycles. The highest BCUT2D eigenvalue weighted by Gasteiger charge is 2.38. The minimum Gasteiger partial charge on any atom is -0.504 e. The number of aromatic hydroxyl groups is 2. The molecule has 2 unspecified atom stereocenters. The molecule has 2 rings (SSSR count). The summed E-state index contributed by atoms with van der Waals surface area (Å²) in [5.41, 5.74) is 1.76. The van der Waals surface area contributed by atoms with Gasteiger partial charge in [0, 0.05) is 6.54 Å². The Morgan fingerprint density at radius 2 is 1.51 bits per heavy atom. The van der Waals surface area contributed by atoms with E-state index < -0.39 is 11.4 Å². The number of carbonyl (C=O) groups excluding carboxylic acids is 2. The molecule has 8 heteroatoms. The minimum atomic E-state index is -1.11. The van der Waals surface area contributed by atoms with Gasteiger partial charge < -0.3 is 29.7 Å². The number of hydrogen-bond donors (Lipinski definition) is 3. The molecule has 0 aromatic heterocycles. The molecule has 8 nitrogen and oxygen atoms in total. The van der Waals surface area contributed by atoms with Crippen molar-refractivity contribution in [1.82, 2.24) is 5.32 Å². The second-order valence-electron chi connectivity index (χ2n) is 10.4. The highest BCUT2D eigenvalue weighted by Crippen LogP contribution is 2.25. The lowest BCUT2D eigenvalue weighted by Gasteiger charge is -2.29. The van der Waals surface area contributed by atoms with E-state index in [-0.39, 0.29) is 49.3 Å². The lowest BCUT2D eigenvalue weighted by Crippen LogP contribution is -2.41. The van der Waals surface area contributed by atoms with Crippen molar-refractivity contribution >= 4 is 11.9 Å². The van der Waals surface area contributed by atoms with E-state index in [1.807, 2.05) is 45.0 Å². The van der Waals surface area contributed by atoms with E-state index in [2.05, 4.69) is 5.32 Å². The van der Waals surface area contributed by atoms with Gasteiger partial charge in [-0.3, -0.25) is 9.59 Å².